The van der Waals surface area contributed by atoms with E-state index in [0.29, 0.717) is 34.4 Å². The summed E-state index contributed by atoms with van der Waals surface area (Å²) in [5, 5.41) is 3.39. The molecular weight excluding hydrogens is 415 g/mol. The van der Waals surface area contributed by atoms with Gasteiger partial charge in [-0.15, -0.1) is 0 Å². The van der Waals surface area contributed by atoms with Crippen molar-refractivity contribution in [1.29, 1.82) is 0 Å². The fourth-order valence-electron chi connectivity index (χ4n) is 4.28. The first kappa shape index (κ1) is 21.6. The van der Waals surface area contributed by atoms with Crippen LogP contribution in [0.5, 0.6) is 0 Å². The predicted molar refractivity (Wildman–Crippen MR) is 123 cm³/mol. The molecule has 1 N–H and O–H groups in total. The molecule has 4 rings (SSSR count). The third-order valence-corrected chi connectivity index (χ3v) is 7.57. The van der Waals surface area contributed by atoms with Gasteiger partial charge in [0.25, 0.3) is 5.91 Å². The van der Waals surface area contributed by atoms with Crippen LogP contribution in [0.4, 0.5) is 10.1 Å². The molecule has 1 aromatic heterocycles. The van der Waals surface area contributed by atoms with Crippen molar-refractivity contribution in [3.8, 4) is 11.3 Å². The molecule has 5 nitrogen and oxygen atoms in total. The van der Waals surface area contributed by atoms with Crippen LogP contribution in [0.15, 0.2) is 40.8 Å². The first-order chi connectivity index (χ1) is 14.6. The lowest BCUT2D eigenvalue weighted by atomic mass is 9.74. The molecule has 2 unspecified atom stereocenters. The summed E-state index contributed by atoms with van der Waals surface area (Å²) in [6.07, 6.45) is 2.58. The van der Waals surface area contributed by atoms with Gasteiger partial charge in [-0.25, -0.2) is 8.60 Å². The van der Waals surface area contributed by atoms with E-state index < -0.39 is 11.0 Å². The topological polar surface area (TPSA) is 62.6 Å². The monoisotopic (exact) mass is 442 g/mol. The number of halogens is 1. The Hall–Kier alpha value is -2.67. The van der Waals surface area contributed by atoms with Gasteiger partial charge >= 0.3 is 0 Å². The van der Waals surface area contributed by atoms with Crippen LogP contribution in [-0.2, 0) is 11.0 Å². The van der Waals surface area contributed by atoms with Crippen molar-refractivity contribution in [1.82, 2.24) is 5.32 Å². The lowest BCUT2D eigenvalue weighted by Gasteiger charge is -2.30. The number of nitrogens with zero attached hydrogens (tertiary/aromatic N) is 1. The number of carbonyl (C=O) groups excluding carboxylic acids is 1. The molecular formula is C24H27FN2O3S. The third kappa shape index (κ3) is 3.65. The highest BCUT2D eigenvalue weighted by Gasteiger charge is 2.36. The van der Waals surface area contributed by atoms with E-state index in [0.717, 1.165) is 17.7 Å². The second-order valence-electron chi connectivity index (χ2n) is 8.79. The molecule has 0 fully saturated rings. The van der Waals surface area contributed by atoms with Crippen LogP contribution < -0.4 is 9.62 Å². The number of nitrogens with one attached hydrogen (secondary N) is 1. The maximum Gasteiger partial charge on any atom is 0.255 e. The van der Waals surface area contributed by atoms with E-state index in [-0.39, 0.29) is 23.1 Å². The summed E-state index contributed by atoms with van der Waals surface area (Å²) in [4.78, 5) is 12.9. The molecule has 31 heavy (non-hydrogen) atoms. The number of amides is 1. The zero-order valence-corrected chi connectivity index (χ0v) is 19.2. The Balaban J connectivity index is 2.03. The molecule has 2 atom stereocenters. The Morgan fingerprint density at radius 3 is 2.55 bits per heavy atom. The van der Waals surface area contributed by atoms with Crippen molar-refractivity contribution >= 4 is 33.5 Å². The normalized spacial score (nSPS) is 19.0. The number of hydrogen-bond donors (Lipinski definition) is 1. The minimum Gasteiger partial charge on any atom is -0.455 e. The molecule has 0 aliphatic carbocycles. The summed E-state index contributed by atoms with van der Waals surface area (Å²) >= 11 is 0. The third-order valence-electron chi connectivity index (χ3n) is 6.57. The van der Waals surface area contributed by atoms with Crippen LogP contribution in [0.1, 0.15) is 49.0 Å². The summed E-state index contributed by atoms with van der Waals surface area (Å²) in [5.41, 5.74) is 3.49. The molecule has 1 aliphatic rings. The van der Waals surface area contributed by atoms with Gasteiger partial charge in [-0.05, 0) is 53.6 Å². The lowest BCUT2D eigenvalue weighted by molar-refractivity contribution is 0.0964. The Kier molecular flexibility index (Phi) is 5.41. The molecule has 1 amide bonds. The SMILES string of the molecule is CNC(=O)c1c(-c2ccc(F)cc2)oc2cc3c(cc12)C(C)C(C)(C)CCN3S(C)=O. The second-order valence-corrected chi connectivity index (χ2v) is 10.1. The zero-order chi connectivity index (χ0) is 22.5. The average Bonchev–Trinajstić information content (AvgIpc) is 3.06. The van der Waals surface area contributed by atoms with Gasteiger partial charge in [0.15, 0.2) is 0 Å². The minimum atomic E-state index is -1.19. The van der Waals surface area contributed by atoms with E-state index in [1.807, 2.05) is 16.4 Å². The lowest BCUT2D eigenvalue weighted by Crippen LogP contribution is -2.27. The predicted octanol–water partition coefficient (Wildman–Crippen LogP) is 5.23. The number of furan rings is 1. The van der Waals surface area contributed by atoms with E-state index in [1.54, 1.807) is 25.4 Å². The Morgan fingerprint density at radius 1 is 1.26 bits per heavy atom. The Morgan fingerprint density at radius 2 is 1.94 bits per heavy atom. The molecule has 2 aromatic carbocycles. The van der Waals surface area contributed by atoms with E-state index in [4.69, 9.17) is 4.42 Å². The van der Waals surface area contributed by atoms with Crippen LogP contribution >= 0.6 is 0 Å². The van der Waals surface area contributed by atoms with Crippen LogP contribution in [0, 0.1) is 11.2 Å². The highest BCUT2D eigenvalue weighted by molar-refractivity contribution is 7.85. The van der Waals surface area contributed by atoms with E-state index >= 15 is 0 Å². The van der Waals surface area contributed by atoms with Crippen molar-refractivity contribution < 1.29 is 17.8 Å². The minimum absolute atomic E-state index is 0.00670. The first-order valence-electron chi connectivity index (χ1n) is 10.3. The maximum atomic E-state index is 13.5. The van der Waals surface area contributed by atoms with Crippen molar-refractivity contribution in [2.45, 2.75) is 33.1 Å². The summed E-state index contributed by atoms with van der Waals surface area (Å²) < 4.78 is 34.1. The molecule has 7 heteroatoms. The number of fused-ring (bicyclic) bond motifs is 2. The molecule has 3 aromatic rings. The van der Waals surface area contributed by atoms with Gasteiger partial charge in [-0.3, -0.25) is 9.10 Å². The fraction of sp³-hybridized carbons (Fsp3) is 0.375. The van der Waals surface area contributed by atoms with Crippen LogP contribution in [0.2, 0.25) is 0 Å². The largest absolute Gasteiger partial charge is 0.455 e. The van der Waals surface area contributed by atoms with Crippen LogP contribution in [0.25, 0.3) is 22.3 Å². The number of carbonyl (C=O) groups is 1. The van der Waals surface area contributed by atoms with Gasteiger partial charge < -0.3 is 9.73 Å². The summed E-state index contributed by atoms with van der Waals surface area (Å²) in [6, 6.07) is 9.79. The standard InChI is InChI=1S/C24H27FN2O3S/c1-14-17-12-18-20(13-19(17)27(31(5)29)11-10-24(14,2)3)30-22(21(18)23(28)26-4)15-6-8-16(25)9-7-15/h6-9,12-14H,10-11H2,1-5H3,(H,26,28). The van der Waals surface area contributed by atoms with E-state index in [2.05, 4.69) is 26.1 Å². The Bertz CT molecular complexity index is 1180. The highest BCUT2D eigenvalue weighted by atomic mass is 32.2. The molecule has 0 spiro atoms. The summed E-state index contributed by atoms with van der Waals surface area (Å²) in [7, 11) is 0.384. The van der Waals surface area contributed by atoms with Gasteiger partial charge in [0.05, 0.1) is 11.3 Å². The Labute approximate surface area is 184 Å². The molecule has 2 heterocycles. The van der Waals surface area contributed by atoms with Crippen molar-refractivity contribution in [3.63, 3.8) is 0 Å². The molecule has 1 aliphatic heterocycles. The van der Waals surface area contributed by atoms with E-state index in [1.165, 1.54) is 12.1 Å². The quantitative estimate of drug-likeness (QED) is 0.604. The van der Waals surface area contributed by atoms with Gasteiger partial charge in [-0.1, -0.05) is 20.8 Å². The van der Waals surface area contributed by atoms with Crippen molar-refractivity contribution in [2.75, 3.05) is 24.2 Å². The van der Waals surface area contributed by atoms with Crippen molar-refractivity contribution in [2.24, 2.45) is 5.41 Å². The molecule has 0 saturated heterocycles. The van der Waals surface area contributed by atoms with Crippen LogP contribution in [0.3, 0.4) is 0 Å². The van der Waals surface area contributed by atoms with Crippen LogP contribution in [-0.4, -0.2) is 30.0 Å². The zero-order valence-electron chi connectivity index (χ0n) is 18.4. The molecule has 0 saturated carbocycles. The maximum absolute atomic E-state index is 13.5. The van der Waals surface area contributed by atoms with Crippen molar-refractivity contribution in [3.05, 3.63) is 53.3 Å². The molecule has 0 bridgehead atoms. The smallest absolute Gasteiger partial charge is 0.255 e. The van der Waals surface area contributed by atoms with E-state index in [9.17, 15) is 13.4 Å². The highest BCUT2D eigenvalue weighted by Crippen LogP contribution is 2.48. The fourth-order valence-corrected chi connectivity index (χ4v) is 5.06. The second kappa shape index (κ2) is 7.79. The molecule has 0 radical (unpaired) electrons. The average molecular weight is 443 g/mol. The number of hydrogen-bond acceptors (Lipinski definition) is 3. The van der Waals surface area contributed by atoms with Gasteiger partial charge in [0, 0.05) is 36.9 Å². The van der Waals surface area contributed by atoms with Gasteiger partial charge in [0.2, 0.25) is 0 Å². The number of anilines is 1. The number of rotatable bonds is 3. The molecule has 164 valence electrons. The van der Waals surface area contributed by atoms with Gasteiger partial charge in [-0.2, -0.15) is 0 Å². The van der Waals surface area contributed by atoms with Gasteiger partial charge in [0.1, 0.15) is 28.1 Å². The first-order valence-corrected chi connectivity index (χ1v) is 11.8. The number of benzene rings is 2. The summed E-state index contributed by atoms with van der Waals surface area (Å²) in [5.74, 6) is -0.0487. The summed E-state index contributed by atoms with van der Waals surface area (Å²) in [6.45, 7) is 7.28.